The Kier molecular flexibility index (Phi) is 5.38. The number of rotatable bonds is 5. The molecule has 4 rings (SSSR count). The number of hydrogen-bond donors (Lipinski definition) is 0. The first-order valence-corrected chi connectivity index (χ1v) is 9.52. The Morgan fingerprint density at radius 3 is 2.41 bits per heavy atom. The van der Waals surface area contributed by atoms with Crippen LogP contribution in [-0.2, 0) is 0 Å². The van der Waals surface area contributed by atoms with Crippen LogP contribution in [0.3, 0.4) is 0 Å². The van der Waals surface area contributed by atoms with Crippen LogP contribution < -0.4 is 10.2 Å². The molecular formula is C23H14Cl2O4. The van der Waals surface area contributed by atoms with E-state index < -0.39 is 0 Å². The third kappa shape index (κ3) is 3.90. The van der Waals surface area contributed by atoms with Crippen LogP contribution in [0.15, 0.2) is 82.0 Å². The largest absolute Gasteiger partial charge is 0.478 e. The molecule has 0 N–H and O–H groups in total. The summed E-state index contributed by atoms with van der Waals surface area (Å²) >= 11 is 12.0. The van der Waals surface area contributed by atoms with E-state index in [1.165, 1.54) is 12.1 Å². The van der Waals surface area contributed by atoms with E-state index in [0.717, 1.165) is 0 Å². The van der Waals surface area contributed by atoms with E-state index in [1.807, 2.05) is 18.2 Å². The van der Waals surface area contributed by atoms with E-state index in [0.29, 0.717) is 21.6 Å². The van der Waals surface area contributed by atoms with Crippen molar-refractivity contribution in [2.24, 2.45) is 0 Å². The Bertz CT molecular complexity index is 1260. The zero-order valence-electron chi connectivity index (χ0n) is 15.0. The fraction of sp³-hybridized carbons (Fsp3) is 0.0435. The number of halogens is 2. The number of benzene rings is 3. The summed E-state index contributed by atoms with van der Waals surface area (Å²) in [6.45, 7) is -0.371. The highest BCUT2D eigenvalue weighted by molar-refractivity contribution is 6.36. The monoisotopic (exact) mass is 424 g/mol. The molecule has 144 valence electrons. The number of ketones is 1. The molecule has 0 unspecified atom stereocenters. The van der Waals surface area contributed by atoms with Gasteiger partial charge in [-0.2, -0.15) is 0 Å². The van der Waals surface area contributed by atoms with Crippen LogP contribution in [0.1, 0.15) is 10.4 Å². The molecular weight excluding hydrogens is 411 g/mol. The van der Waals surface area contributed by atoms with Crippen LogP contribution in [0.4, 0.5) is 0 Å². The Balaban J connectivity index is 1.75. The highest BCUT2D eigenvalue weighted by atomic mass is 35.5. The lowest BCUT2D eigenvalue weighted by Crippen LogP contribution is -2.17. The molecule has 0 amide bonds. The topological polar surface area (TPSA) is 56.5 Å². The molecule has 6 heteroatoms. The maximum absolute atomic E-state index is 13.0. The fourth-order valence-corrected chi connectivity index (χ4v) is 3.48. The predicted molar refractivity (Wildman–Crippen MR) is 114 cm³/mol. The number of carbonyl (C=O) groups is 1. The van der Waals surface area contributed by atoms with Gasteiger partial charge in [-0.1, -0.05) is 65.7 Å². The molecule has 0 spiro atoms. The lowest BCUT2D eigenvalue weighted by Gasteiger charge is -2.12. The fourth-order valence-electron chi connectivity index (χ4n) is 2.97. The first kappa shape index (κ1) is 19.2. The normalized spacial score (nSPS) is 10.8. The Morgan fingerprint density at radius 1 is 0.931 bits per heavy atom. The first-order valence-electron chi connectivity index (χ1n) is 8.77. The zero-order chi connectivity index (χ0) is 20.4. The van der Waals surface area contributed by atoms with Crippen LogP contribution >= 0.6 is 23.2 Å². The number of carbonyl (C=O) groups excluding carboxylic acids is 1. The van der Waals surface area contributed by atoms with Gasteiger partial charge in [0.05, 0.1) is 10.4 Å². The molecule has 0 saturated carbocycles. The molecule has 29 heavy (non-hydrogen) atoms. The Morgan fingerprint density at radius 2 is 1.66 bits per heavy atom. The molecule has 3 aromatic carbocycles. The van der Waals surface area contributed by atoms with Crippen LogP contribution in [0.5, 0.6) is 5.75 Å². The van der Waals surface area contributed by atoms with E-state index in [4.69, 9.17) is 32.4 Å². The highest BCUT2D eigenvalue weighted by Crippen LogP contribution is 2.31. The first-order chi connectivity index (χ1) is 14.0. The maximum Gasteiger partial charge on any atom is 0.235 e. The molecule has 1 heterocycles. The summed E-state index contributed by atoms with van der Waals surface area (Å²) in [6.07, 6.45) is 0. The van der Waals surface area contributed by atoms with Crippen molar-refractivity contribution in [3.8, 4) is 17.1 Å². The van der Waals surface area contributed by atoms with Crippen LogP contribution in [-0.4, -0.2) is 12.4 Å². The molecule has 0 radical (unpaired) electrons. The third-order valence-corrected chi connectivity index (χ3v) is 4.92. The van der Waals surface area contributed by atoms with Gasteiger partial charge in [0.15, 0.2) is 12.4 Å². The smallest absolute Gasteiger partial charge is 0.235 e. The van der Waals surface area contributed by atoms with Crippen LogP contribution in [0.2, 0.25) is 10.0 Å². The quantitative estimate of drug-likeness (QED) is 0.367. The second-order valence-electron chi connectivity index (χ2n) is 6.29. The Hall–Kier alpha value is -3.08. The van der Waals surface area contributed by atoms with Gasteiger partial charge in [-0.05, 0) is 30.3 Å². The number of para-hydroxylation sites is 1. The van der Waals surface area contributed by atoms with E-state index in [2.05, 4.69) is 0 Å². The van der Waals surface area contributed by atoms with Gasteiger partial charge < -0.3 is 9.15 Å². The van der Waals surface area contributed by atoms with Gasteiger partial charge in [-0.3, -0.25) is 9.59 Å². The lowest BCUT2D eigenvalue weighted by molar-refractivity contribution is 0.0920. The van der Waals surface area contributed by atoms with E-state index in [-0.39, 0.29) is 39.9 Å². The standard InChI is InChI=1S/C23H14Cl2O4/c24-15-10-11-16(18(25)12-15)19(26)13-28-23-21(27)17-8-4-5-9-20(17)29-22(23)14-6-2-1-3-7-14/h1-12H,13H2. The second-order valence-corrected chi connectivity index (χ2v) is 7.13. The lowest BCUT2D eigenvalue weighted by atomic mass is 10.1. The summed E-state index contributed by atoms with van der Waals surface area (Å²) in [7, 11) is 0. The summed E-state index contributed by atoms with van der Waals surface area (Å²) in [6, 6.07) is 20.6. The van der Waals surface area contributed by atoms with Gasteiger partial charge in [0.2, 0.25) is 17.0 Å². The van der Waals surface area contributed by atoms with Gasteiger partial charge >= 0.3 is 0 Å². The molecule has 1 aromatic heterocycles. The molecule has 0 bridgehead atoms. The Labute approximate surface area is 176 Å². The third-order valence-electron chi connectivity index (χ3n) is 4.37. The van der Waals surface area contributed by atoms with Crippen molar-refractivity contribution in [1.29, 1.82) is 0 Å². The highest BCUT2D eigenvalue weighted by Gasteiger charge is 2.19. The van der Waals surface area contributed by atoms with Crippen molar-refractivity contribution in [2.75, 3.05) is 6.61 Å². The van der Waals surface area contributed by atoms with E-state index in [9.17, 15) is 9.59 Å². The average molecular weight is 425 g/mol. The van der Waals surface area contributed by atoms with Gasteiger partial charge in [-0.25, -0.2) is 0 Å². The second kappa shape index (κ2) is 8.11. The molecule has 0 saturated heterocycles. The van der Waals surface area contributed by atoms with Crippen LogP contribution in [0, 0.1) is 0 Å². The maximum atomic E-state index is 13.0. The predicted octanol–water partition coefficient (Wildman–Crippen LogP) is 6.03. The number of ether oxygens (including phenoxy) is 1. The SMILES string of the molecule is O=C(COc1c(-c2ccccc2)oc2ccccc2c1=O)c1ccc(Cl)cc1Cl. The zero-order valence-corrected chi connectivity index (χ0v) is 16.5. The van der Waals surface area contributed by atoms with E-state index >= 15 is 0 Å². The van der Waals surface area contributed by atoms with Gasteiger partial charge in [0.25, 0.3) is 0 Å². The van der Waals surface area contributed by atoms with Gasteiger partial charge in [0.1, 0.15) is 5.58 Å². The minimum Gasteiger partial charge on any atom is -0.478 e. The van der Waals surface area contributed by atoms with Crippen molar-refractivity contribution in [2.45, 2.75) is 0 Å². The summed E-state index contributed by atoms with van der Waals surface area (Å²) in [4.78, 5) is 25.6. The molecule has 0 fully saturated rings. The molecule has 0 aliphatic heterocycles. The summed E-state index contributed by atoms with van der Waals surface area (Å²) in [5.41, 5.74) is 1.03. The van der Waals surface area contributed by atoms with Crippen molar-refractivity contribution in [3.05, 3.63) is 98.6 Å². The minimum atomic E-state index is -0.377. The number of hydrogen-bond acceptors (Lipinski definition) is 4. The van der Waals surface area contributed by atoms with E-state index in [1.54, 1.807) is 42.5 Å². The van der Waals surface area contributed by atoms with Gasteiger partial charge in [-0.15, -0.1) is 0 Å². The molecule has 4 aromatic rings. The van der Waals surface area contributed by atoms with Gasteiger partial charge in [0, 0.05) is 16.1 Å². The van der Waals surface area contributed by atoms with Crippen molar-refractivity contribution >= 4 is 40.0 Å². The molecule has 0 aliphatic carbocycles. The van der Waals surface area contributed by atoms with Crippen molar-refractivity contribution in [3.63, 3.8) is 0 Å². The summed E-state index contributed by atoms with van der Waals surface area (Å²) < 4.78 is 11.6. The van der Waals surface area contributed by atoms with Crippen LogP contribution in [0.25, 0.3) is 22.3 Å². The molecule has 0 atom stereocenters. The number of Topliss-reactive ketones (excluding diaryl/α,β-unsaturated/α-hetero) is 1. The van der Waals surface area contributed by atoms with Crippen molar-refractivity contribution in [1.82, 2.24) is 0 Å². The number of fused-ring (bicyclic) bond motifs is 1. The summed E-state index contributed by atoms with van der Waals surface area (Å²) in [5.74, 6) is -0.129. The molecule has 4 nitrogen and oxygen atoms in total. The van der Waals surface area contributed by atoms with Crippen molar-refractivity contribution < 1.29 is 13.9 Å². The average Bonchev–Trinajstić information content (AvgIpc) is 2.73. The minimum absolute atomic E-state index is 0.0201. The summed E-state index contributed by atoms with van der Waals surface area (Å²) in [5, 5.41) is 1.02. The molecule has 0 aliphatic rings.